The van der Waals surface area contributed by atoms with Gasteiger partial charge in [0.15, 0.2) is 0 Å². The van der Waals surface area contributed by atoms with Gasteiger partial charge in [-0.15, -0.1) is 0 Å². The summed E-state index contributed by atoms with van der Waals surface area (Å²) in [5.74, 6) is 1.46. The number of carbonyl (C=O) groups excluding carboxylic acids is 1. The number of benzene rings is 1. The average molecular weight is 316 g/mol. The van der Waals surface area contributed by atoms with E-state index >= 15 is 0 Å². The van der Waals surface area contributed by atoms with E-state index in [4.69, 9.17) is 0 Å². The van der Waals surface area contributed by atoms with Gasteiger partial charge in [0.1, 0.15) is 0 Å². The van der Waals surface area contributed by atoms with E-state index in [-0.39, 0.29) is 5.91 Å². The van der Waals surface area contributed by atoms with E-state index < -0.39 is 0 Å². The summed E-state index contributed by atoms with van der Waals surface area (Å²) in [5.41, 5.74) is 1.41. The van der Waals surface area contributed by atoms with Gasteiger partial charge in [0, 0.05) is 13.0 Å². The molecule has 0 bridgehead atoms. The first-order valence-corrected chi connectivity index (χ1v) is 9.27. The van der Waals surface area contributed by atoms with Crippen molar-refractivity contribution in [1.82, 2.24) is 10.6 Å². The number of aryl methyl sites for hydroxylation is 1. The highest BCUT2D eigenvalue weighted by Crippen LogP contribution is 2.24. The molecule has 1 aliphatic heterocycles. The molecular weight excluding hydrogens is 284 g/mol. The summed E-state index contributed by atoms with van der Waals surface area (Å²) >= 11 is 0. The number of hydrogen-bond donors (Lipinski definition) is 2. The second kappa shape index (κ2) is 10.4. The molecule has 1 aromatic rings. The van der Waals surface area contributed by atoms with Crippen LogP contribution in [-0.4, -0.2) is 25.5 Å². The fourth-order valence-corrected chi connectivity index (χ4v) is 3.45. The van der Waals surface area contributed by atoms with Crippen molar-refractivity contribution in [2.24, 2.45) is 11.8 Å². The molecule has 1 aliphatic rings. The zero-order valence-electron chi connectivity index (χ0n) is 14.5. The molecule has 0 spiro atoms. The van der Waals surface area contributed by atoms with Crippen molar-refractivity contribution in [3.8, 4) is 0 Å². The number of hydrogen-bond acceptors (Lipinski definition) is 2. The molecule has 0 saturated carbocycles. The molecule has 0 radical (unpaired) electrons. The predicted octanol–water partition coefficient (Wildman–Crippen LogP) is 3.54. The van der Waals surface area contributed by atoms with Crippen molar-refractivity contribution in [3.05, 3.63) is 35.9 Å². The molecule has 2 rings (SSSR count). The number of rotatable bonds is 9. The van der Waals surface area contributed by atoms with Gasteiger partial charge in [-0.25, -0.2) is 0 Å². The van der Waals surface area contributed by atoms with Gasteiger partial charge in [-0.3, -0.25) is 4.79 Å². The Bertz CT molecular complexity index is 440. The van der Waals surface area contributed by atoms with E-state index in [0.717, 1.165) is 32.5 Å². The Hall–Kier alpha value is -1.35. The van der Waals surface area contributed by atoms with Crippen molar-refractivity contribution >= 4 is 5.91 Å². The van der Waals surface area contributed by atoms with Gasteiger partial charge in [-0.2, -0.15) is 0 Å². The van der Waals surface area contributed by atoms with Gasteiger partial charge in [0.2, 0.25) is 5.91 Å². The van der Waals surface area contributed by atoms with E-state index in [1.165, 1.54) is 31.2 Å². The third kappa shape index (κ3) is 7.17. The lowest BCUT2D eigenvalue weighted by atomic mass is 9.84. The highest BCUT2D eigenvalue weighted by atomic mass is 16.1. The Morgan fingerprint density at radius 1 is 1.17 bits per heavy atom. The Morgan fingerprint density at radius 2 is 1.91 bits per heavy atom. The molecule has 3 heteroatoms. The molecular formula is C20H32N2O. The van der Waals surface area contributed by atoms with Gasteiger partial charge < -0.3 is 10.6 Å². The lowest BCUT2D eigenvalue weighted by Crippen LogP contribution is -2.33. The van der Waals surface area contributed by atoms with Gasteiger partial charge in [0.25, 0.3) is 0 Å². The van der Waals surface area contributed by atoms with Crippen LogP contribution in [0.4, 0.5) is 0 Å². The van der Waals surface area contributed by atoms with E-state index in [2.05, 4.69) is 47.9 Å². The quantitative estimate of drug-likeness (QED) is 0.684. The summed E-state index contributed by atoms with van der Waals surface area (Å²) in [6.45, 7) is 5.28. The topological polar surface area (TPSA) is 41.1 Å². The van der Waals surface area contributed by atoms with E-state index in [9.17, 15) is 4.79 Å². The Labute approximate surface area is 141 Å². The van der Waals surface area contributed by atoms with E-state index in [1.807, 2.05) is 0 Å². The molecule has 1 atom stereocenters. The molecule has 1 aromatic carbocycles. The summed E-state index contributed by atoms with van der Waals surface area (Å²) in [4.78, 5) is 12.0. The summed E-state index contributed by atoms with van der Waals surface area (Å²) in [6.07, 6.45) is 7.72. The molecule has 1 saturated heterocycles. The average Bonchev–Trinajstić information content (AvgIpc) is 2.59. The third-order valence-corrected chi connectivity index (χ3v) is 5.00. The molecule has 2 N–H and O–H groups in total. The lowest BCUT2D eigenvalue weighted by Gasteiger charge is -2.27. The second-order valence-electron chi connectivity index (χ2n) is 6.92. The first-order valence-electron chi connectivity index (χ1n) is 9.27. The van der Waals surface area contributed by atoms with Crippen LogP contribution in [0.3, 0.4) is 0 Å². The Balaban J connectivity index is 1.49. The smallest absolute Gasteiger partial charge is 0.220 e. The summed E-state index contributed by atoms with van der Waals surface area (Å²) in [6, 6.07) is 10.6. The summed E-state index contributed by atoms with van der Waals surface area (Å²) in [7, 11) is 0. The van der Waals surface area contributed by atoms with Crippen LogP contribution < -0.4 is 10.6 Å². The van der Waals surface area contributed by atoms with Crippen LogP contribution in [0.5, 0.6) is 0 Å². The molecule has 0 aliphatic carbocycles. The van der Waals surface area contributed by atoms with Crippen molar-refractivity contribution < 1.29 is 4.79 Å². The normalized spacial score (nSPS) is 16.9. The Morgan fingerprint density at radius 3 is 2.65 bits per heavy atom. The maximum Gasteiger partial charge on any atom is 0.220 e. The van der Waals surface area contributed by atoms with Crippen LogP contribution in [0.25, 0.3) is 0 Å². The monoisotopic (exact) mass is 316 g/mol. The number of nitrogens with one attached hydrogen (secondary N) is 2. The fourth-order valence-electron chi connectivity index (χ4n) is 3.45. The summed E-state index contributed by atoms with van der Waals surface area (Å²) < 4.78 is 0. The Kier molecular flexibility index (Phi) is 8.16. The van der Waals surface area contributed by atoms with Gasteiger partial charge in [0.05, 0.1) is 0 Å². The first kappa shape index (κ1) is 18.0. The second-order valence-corrected chi connectivity index (χ2v) is 6.92. The molecule has 1 amide bonds. The van der Waals surface area contributed by atoms with Crippen LogP contribution in [0.15, 0.2) is 30.3 Å². The van der Waals surface area contributed by atoms with Crippen LogP contribution >= 0.6 is 0 Å². The zero-order valence-corrected chi connectivity index (χ0v) is 14.5. The predicted molar refractivity (Wildman–Crippen MR) is 96.4 cm³/mol. The molecule has 0 aromatic heterocycles. The van der Waals surface area contributed by atoms with E-state index in [1.54, 1.807) is 0 Å². The third-order valence-electron chi connectivity index (χ3n) is 5.00. The number of carbonyl (C=O) groups is 1. The van der Waals surface area contributed by atoms with Crippen LogP contribution in [0.2, 0.25) is 0 Å². The van der Waals surface area contributed by atoms with Crippen LogP contribution in [-0.2, 0) is 11.2 Å². The fraction of sp³-hybridized carbons (Fsp3) is 0.650. The maximum atomic E-state index is 12.0. The molecule has 23 heavy (non-hydrogen) atoms. The number of unbranched alkanes of at least 4 members (excludes halogenated alkanes) is 2. The van der Waals surface area contributed by atoms with Crippen LogP contribution in [0.1, 0.15) is 51.0 Å². The highest BCUT2D eigenvalue weighted by Gasteiger charge is 2.21. The highest BCUT2D eigenvalue weighted by molar-refractivity contribution is 5.76. The molecule has 1 unspecified atom stereocenters. The number of amides is 1. The number of piperidine rings is 1. The van der Waals surface area contributed by atoms with Crippen LogP contribution in [0, 0.1) is 11.8 Å². The molecule has 1 heterocycles. The maximum absolute atomic E-state index is 12.0. The van der Waals surface area contributed by atoms with Crippen molar-refractivity contribution in [2.75, 3.05) is 19.6 Å². The zero-order chi connectivity index (χ0) is 16.3. The van der Waals surface area contributed by atoms with Crippen molar-refractivity contribution in [3.63, 3.8) is 0 Å². The molecule has 1 fully saturated rings. The minimum Gasteiger partial charge on any atom is -0.356 e. The lowest BCUT2D eigenvalue weighted by molar-refractivity contribution is -0.122. The minimum atomic E-state index is 0.235. The van der Waals surface area contributed by atoms with Crippen molar-refractivity contribution in [2.45, 2.75) is 51.9 Å². The van der Waals surface area contributed by atoms with Gasteiger partial charge >= 0.3 is 0 Å². The van der Waals surface area contributed by atoms with Gasteiger partial charge in [-0.05, 0) is 62.6 Å². The SMILES string of the molecule is CC(CC(=O)NCCCCCc1ccccc1)C1CCNCC1. The van der Waals surface area contributed by atoms with E-state index in [0.29, 0.717) is 18.3 Å². The largest absolute Gasteiger partial charge is 0.356 e. The standard InChI is InChI=1S/C20H32N2O/c1-17(19-11-14-21-15-12-19)16-20(23)22-13-7-3-6-10-18-8-4-2-5-9-18/h2,4-5,8-9,17,19,21H,3,6-7,10-16H2,1H3,(H,22,23). The summed E-state index contributed by atoms with van der Waals surface area (Å²) in [5, 5.41) is 6.48. The minimum absolute atomic E-state index is 0.235. The molecule has 3 nitrogen and oxygen atoms in total. The molecule has 128 valence electrons. The first-order chi connectivity index (χ1) is 11.3. The van der Waals surface area contributed by atoms with Crippen molar-refractivity contribution in [1.29, 1.82) is 0 Å². The van der Waals surface area contributed by atoms with Gasteiger partial charge in [-0.1, -0.05) is 43.7 Å².